The number of methoxy groups -OCH3 is 1. The highest BCUT2D eigenvalue weighted by atomic mass is 32.2. The van der Waals surface area contributed by atoms with Crippen molar-refractivity contribution in [1.82, 2.24) is 9.99 Å². The fraction of sp³-hybridized carbons (Fsp3) is 0.190. The maximum absolute atomic E-state index is 5.27. The van der Waals surface area contributed by atoms with Crippen LogP contribution in [0.25, 0.3) is 5.69 Å². The van der Waals surface area contributed by atoms with Gasteiger partial charge in [0.05, 0.1) is 7.11 Å². The number of ether oxygens (including phenoxy) is 1. The minimum atomic E-state index is 0.128. The van der Waals surface area contributed by atoms with Crippen LogP contribution in [0.4, 0.5) is 0 Å². The molecule has 3 aromatic rings. The third-order valence-corrected chi connectivity index (χ3v) is 5.76. The molecule has 5 heteroatoms. The fourth-order valence-corrected chi connectivity index (χ4v) is 4.38. The molecule has 26 heavy (non-hydrogen) atoms. The van der Waals surface area contributed by atoms with Crippen molar-refractivity contribution in [3.8, 4) is 11.4 Å². The lowest BCUT2D eigenvalue weighted by atomic mass is 10.2. The summed E-state index contributed by atoms with van der Waals surface area (Å²) in [7, 11) is 1.69. The van der Waals surface area contributed by atoms with Gasteiger partial charge >= 0.3 is 0 Å². The summed E-state index contributed by atoms with van der Waals surface area (Å²) < 4.78 is 7.54. The van der Waals surface area contributed by atoms with Gasteiger partial charge in [0.25, 0.3) is 0 Å². The Kier molecular flexibility index (Phi) is 4.47. The van der Waals surface area contributed by atoms with Gasteiger partial charge < -0.3 is 9.30 Å². The zero-order valence-electron chi connectivity index (χ0n) is 15.1. The van der Waals surface area contributed by atoms with Gasteiger partial charge in [-0.1, -0.05) is 42.1 Å². The van der Waals surface area contributed by atoms with Gasteiger partial charge in [-0.15, -0.1) is 0 Å². The predicted molar refractivity (Wildman–Crippen MR) is 108 cm³/mol. The van der Waals surface area contributed by atoms with Gasteiger partial charge in [-0.3, -0.25) is 5.43 Å². The largest absolute Gasteiger partial charge is 0.497 e. The summed E-state index contributed by atoms with van der Waals surface area (Å²) in [5.41, 5.74) is 9.27. The van der Waals surface area contributed by atoms with Crippen LogP contribution in [-0.2, 0) is 0 Å². The van der Waals surface area contributed by atoms with Crippen molar-refractivity contribution in [2.75, 3.05) is 7.11 Å². The number of aryl methyl sites for hydroxylation is 1. The molecule has 2 heterocycles. The standard InChI is InChI=1S/C21H21N3OS/c1-14-13-19(15(2)24(14)17-9-11-18(25-3)12-10-17)21-23-22-20(26-21)16-7-5-4-6-8-16/h4-13,21,23H,1-3H3/t21-/m0/s1. The van der Waals surface area contributed by atoms with Gasteiger partial charge in [0.1, 0.15) is 16.2 Å². The van der Waals surface area contributed by atoms with Crippen LogP contribution in [0.3, 0.4) is 0 Å². The number of hydrogen-bond donors (Lipinski definition) is 1. The molecule has 1 atom stereocenters. The van der Waals surface area contributed by atoms with Gasteiger partial charge in [-0.2, -0.15) is 5.10 Å². The first kappa shape index (κ1) is 16.8. The van der Waals surface area contributed by atoms with Crippen molar-refractivity contribution in [2.24, 2.45) is 5.10 Å². The van der Waals surface area contributed by atoms with E-state index < -0.39 is 0 Å². The number of thioether (sulfide) groups is 1. The van der Waals surface area contributed by atoms with Crippen LogP contribution in [0, 0.1) is 13.8 Å². The molecule has 1 aromatic heterocycles. The Morgan fingerprint density at radius 3 is 2.46 bits per heavy atom. The van der Waals surface area contributed by atoms with Crippen molar-refractivity contribution in [2.45, 2.75) is 19.2 Å². The molecule has 0 saturated heterocycles. The number of rotatable bonds is 4. The molecule has 132 valence electrons. The molecule has 4 rings (SSSR count). The molecule has 0 aliphatic carbocycles. The highest BCUT2D eigenvalue weighted by Gasteiger charge is 2.26. The molecule has 0 radical (unpaired) electrons. The molecule has 4 nitrogen and oxygen atoms in total. The lowest BCUT2D eigenvalue weighted by Gasteiger charge is -2.13. The van der Waals surface area contributed by atoms with Crippen molar-refractivity contribution >= 4 is 16.8 Å². The van der Waals surface area contributed by atoms with Crippen LogP contribution in [0.15, 0.2) is 65.8 Å². The molecule has 0 amide bonds. The highest BCUT2D eigenvalue weighted by Crippen LogP contribution is 2.37. The van der Waals surface area contributed by atoms with E-state index in [1.807, 2.05) is 30.3 Å². The Morgan fingerprint density at radius 1 is 1.04 bits per heavy atom. The maximum atomic E-state index is 5.27. The first-order chi connectivity index (χ1) is 12.7. The molecule has 0 fully saturated rings. The maximum Gasteiger partial charge on any atom is 0.126 e. The summed E-state index contributed by atoms with van der Waals surface area (Å²) in [6, 6.07) is 20.7. The topological polar surface area (TPSA) is 38.5 Å². The lowest BCUT2D eigenvalue weighted by molar-refractivity contribution is 0.414. The summed E-state index contributed by atoms with van der Waals surface area (Å²) in [4.78, 5) is 0. The van der Waals surface area contributed by atoms with Gasteiger partial charge in [0.2, 0.25) is 0 Å². The van der Waals surface area contributed by atoms with Gasteiger partial charge in [-0.25, -0.2) is 0 Å². The van der Waals surface area contributed by atoms with E-state index >= 15 is 0 Å². The monoisotopic (exact) mass is 363 g/mol. The molecule has 1 aliphatic rings. The number of hydrazone groups is 1. The van der Waals surface area contributed by atoms with Gasteiger partial charge in [0, 0.05) is 28.2 Å². The smallest absolute Gasteiger partial charge is 0.126 e. The fourth-order valence-electron chi connectivity index (χ4n) is 3.31. The van der Waals surface area contributed by atoms with E-state index in [2.05, 4.69) is 59.3 Å². The van der Waals surface area contributed by atoms with E-state index in [1.165, 1.54) is 17.0 Å². The van der Waals surface area contributed by atoms with Crippen molar-refractivity contribution in [1.29, 1.82) is 0 Å². The van der Waals surface area contributed by atoms with Crippen LogP contribution in [0.1, 0.15) is 27.9 Å². The SMILES string of the molecule is COc1ccc(-n2c(C)cc([C@H]3NN=C(c4ccccc4)S3)c2C)cc1. The van der Waals surface area contributed by atoms with Crippen molar-refractivity contribution in [3.05, 3.63) is 83.2 Å². The normalized spacial score (nSPS) is 16.3. The summed E-state index contributed by atoms with van der Waals surface area (Å²) in [6.45, 7) is 4.30. The molecule has 1 aliphatic heterocycles. The van der Waals surface area contributed by atoms with E-state index in [0.29, 0.717) is 0 Å². The van der Waals surface area contributed by atoms with E-state index in [1.54, 1.807) is 18.9 Å². The average Bonchev–Trinajstić information content (AvgIpc) is 3.27. The minimum Gasteiger partial charge on any atom is -0.497 e. The second-order valence-corrected chi connectivity index (χ2v) is 7.36. The Bertz CT molecular complexity index is 945. The van der Waals surface area contributed by atoms with Crippen LogP contribution in [0.2, 0.25) is 0 Å². The Morgan fingerprint density at radius 2 is 1.77 bits per heavy atom. The van der Waals surface area contributed by atoms with Crippen LogP contribution < -0.4 is 10.2 Å². The second kappa shape index (κ2) is 6.92. The molecule has 0 bridgehead atoms. The summed E-state index contributed by atoms with van der Waals surface area (Å²) in [6.07, 6.45) is 0. The lowest BCUT2D eigenvalue weighted by Crippen LogP contribution is -2.08. The summed E-state index contributed by atoms with van der Waals surface area (Å²) >= 11 is 1.76. The molecule has 2 aromatic carbocycles. The second-order valence-electron chi connectivity index (χ2n) is 6.27. The zero-order valence-corrected chi connectivity index (χ0v) is 15.9. The van der Waals surface area contributed by atoms with E-state index in [4.69, 9.17) is 4.74 Å². The Balaban J connectivity index is 1.61. The molecule has 0 unspecified atom stereocenters. The Hall–Kier alpha value is -2.66. The number of nitrogens with zero attached hydrogens (tertiary/aromatic N) is 2. The number of aromatic nitrogens is 1. The summed E-state index contributed by atoms with van der Waals surface area (Å²) in [5, 5.41) is 5.70. The number of benzene rings is 2. The minimum absolute atomic E-state index is 0.128. The third-order valence-electron chi connectivity index (χ3n) is 4.62. The van der Waals surface area contributed by atoms with Crippen LogP contribution in [0.5, 0.6) is 5.75 Å². The third kappa shape index (κ3) is 2.99. The van der Waals surface area contributed by atoms with E-state index in [-0.39, 0.29) is 5.37 Å². The van der Waals surface area contributed by atoms with Crippen LogP contribution in [-0.4, -0.2) is 16.7 Å². The Labute approximate surface area is 157 Å². The highest BCUT2D eigenvalue weighted by molar-refractivity contribution is 8.14. The first-order valence-electron chi connectivity index (χ1n) is 8.56. The molecule has 0 saturated carbocycles. The number of hydrogen-bond acceptors (Lipinski definition) is 4. The molecule has 0 spiro atoms. The van der Waals surface area contributed by atoms with E-state index in [9.17, 15) is 0 Å². The van der Waals surface area contributed by atoms with Gasteiger partial charge in [0.15, 0.2) is 0 Å². The van der Waals surface area contributed by atoms with Gasteiger partial charge in [-0.05, 0) is 44.2 Å². The van der Waals surface area contributed by atoms with Crippen molar-refractivity contribution in [3.63, 3.8) is 0 Å². The van der Waals surface area contributed by atoms with Crippen LogP contribution >= 0.6 is 11.8 Å². The summed E-state index contributed by atoms with van der Waals surface area (Å²) in [5.74, 6) is 0.866. The van der Waals surface area contributed by atoms with E-state index in [0.717, 1.165) is 22.0 Å². The first-order valence-corrected chi connectivity index (χ1v) is 9.44. The molecular weight excluding hydrogens is 342 g/mol. The zero-order chi connectivity index (χ0) is 18.1. The molecular formula is C21H21N3OS. The van der Waals surface area contributed by atoms with Crippen molar-refractivity contribution < 1.29 is 4.74 Å². The quantitative estimate of drug-likeness (QED) is 0.724. The predicted octanol–water partition coefficient (Wildman–Crippen LogP) is 4.80. The molecule has 1 N–H and O–H groups in total. The number of nitrogens with one attached hydrogen (secondary N) is 1. The average molecular weight is 363 g/mol.